The van der Waals surface area contributed by atoms with Crippen LogP contribution in [0.3, 0.4) is 0 Å². The Morgan fingerprint density at radius 1 is 1.53 bits per heavy atom. The van der Waals surface area contributed by atoms with E-state index in [9.17, 15) is 0 Å². The van der Waals surface area contributed by atoms with E-state index in [2.05, 4.69) is 20.7 Å². The van der Waals surface area contributed by atoms with E-state index in [0.717, 1.165) is 19.4 Å². The molecule has 0 saturated carbocycles. The minimum atomic E-state index is 0.226. The number of nitrogens with one attached hydrogen (secondary N) is 2. The van der Waals surface area contributed by atoms with Gasteiger partial charge in [-0.2, -0.15) is 4.98 Å². The van der Waals surface area contributed by atoms with Gasteiger partial charge in [-0.3, -0.25) is 5.43 Å². The fourth-order valence-corrected chi connectivity index (χ4v) is 1.90. The number of rotatable bonds is 4. The van der Waals surface area contributed by atoms with Crippen molar-refractivity contribution < 1.29 is 4.74 Å². The average molecular weight is 258 g/mol. The maximum absolute atomic E-state index is 5.97. The van der Waals surface area contributed by atoms with E-state index in [1.807, 2.05) is 0 Å². The number of aromatic nitrogens is 2. The lowest BCUT2D eigenvalue weighted by Crippen LogP contribution is -2.27. The highest BCUT2D eigenvalue weighted by Crippen LogP contribution is 2.20. The second-order valence-electron chi connectivity index (χ2n) is 3.90. The molecule has 2 rings (SSSR count). The smallest absolute Gasteiger partial charge is 0.239 e. The number of halogens is 1. The fraction of sp³-hybridized carbons (Fsp3) is 0.600. The molecular weight excluding hydrogens is 242 g/mol. The number of nitrogens with two attached hydrogens (primary N) is 1. The molecule has 1 aliphatic heterocycles. The topological polar surface area (TPSA) is 85.1 Å². The Bertz CT molecular complexity index is 370. The molecule has 1 aromatic rings. The van der Waals surface area contributed by atoms with Gasteiger partial charge < -0.3 is 10.1 Å². The third-order valence-corrected chi connectivity index (χ3v) is 2.92. The van der Waals surface area contributed by atoms with Crippen LogP contribution in [0.4, 0.5) is 11.8 Å². The Hall–Kier alpha value is -1.11. The predicted molar refractivity (Wildman–Crippen MR) is 66.9 cm³/mol. The lowest BCUT2D eigenvalue weighted by Gasteiger charge is -2.23. The van der Waals surface area contributed by atoms with Crippen molar-refractivity contribution in [3.63, 3.8) is 0 Å². The van der Waals surface area contributed by atoms with E-state index in [-0.39, 0.29) is 6.10 Å². The molecule has 2 heterocycles. The summed E-state index contributed by atoms with van der Waals surface area (Å²) in [7, 11) is 0. The second-order valence-corrected chi connectivity index (χ2v) is 4.31. The van der Waals surface area contributed by atoms with Gasteiger partial charge in [-0.15, -0.1) is 0 Å². The molecule has 1 aliphatic rings. The van der Waals surface area contributed by atoms with Gasteiger partial charge in [0.25, 0.3) is 0 Å². The van der Waals surface area contributed by atoms with Gasteiger partial charge in [0.2, 0.25) is 5.95 Å². The number of hydrogen-bond donors (Lipinski definition) is 3. The third-order valence-electron chi connectivity index (χ3n) is 2.64. The van der Waals surface area contributed by atoms with Crippen LogP contribution in [0.5, 0.6) is 0 Å². The summed E-state index contributed by atoms with van der Waals surface area (Å²) in [6.07, 6.45) is 5.15. The highest BCUT2D eigenvalue weighted by atomic mass is 35.5. The molecule has 0 aliphatic carbocycles. The molecule has 0 spiro atoms. The highest BCUT2D eigenvalue weighted by molar-refractivity contribution is 6.32. The van der Waals surface area contributed by atoms with Gasteiger partial charge in [0, 0.05) is 13.2 Å². The van der Waals surface area contributed by atoms with Crippen molar-refractivity contribution in [2.75, 3.05) is 23.9 Å². The largest absolute Gasteiger partial charge is 0.376 e. The molecule has 1 atom stereocenters. The van der Waals surface area contributed by atoms with Crippen molar-refractivity contribution in [2.24, 2.45) is 5.84 Å². The molecule has 94 valence electrons. The SMILES string of the molecule is NNc1ncc(Cl)c(NCC2CCCCO2)n1. The van der Waals surface area contributed by atoms with Crippen LogP contribution in [0.1, 0.15) is 19.3 Å². The molecule has 1 fully saturated rings. The number of hydrazine groups is 1. The molecule has 6 nitrogen and oxygen atoms in total. The Morgan fingerprint density at radius 3 is 3.12 bits per heavy atom. The van der Waals surface area contributed by atoms with Crippen molar-refractivity contribution in [1.82, 2.24) is 9.97 Å². The molecule has 4 N–H and O–H groups in total. The molecule has 17 heavy (non-hydrogen) atoms. The van der Waals surface area contributed by atoms with Crippen LogP contribution in [0.25, 0.3) is 0 Å². The van der Waals surface area contributed by atoms with Crippen LogP contribution in [-0.2, 0) is 4.74 Å². The Morgan fingerprint density at radius 2 is 2.41 bits per heavy atom. The second kappa shape index (κ2) is 6.00. The van der Waals surface area contributed by atoms with Gasteiger partial charge in [0.05, 0.1) is 12.3 Å². The molecular formula is C10H16ClN5O. The predicted octanol–water partition coefficient (Wildman–Crippen LogP) is 1.40. The Kier molecular flexibility index (Phi) is 4.36. The average Bonchev–Trinajstić information content (AvgIpc) is 2.39. The molecule has 0 amide bonds. The summed E-state index contributed by atoms with van der Waals surface area (Å²) in [5, 5.41) is 3.63. The lowest BCUT2D eigenvalue weighted by molar-refractivity contribution is 0.0247. The zero-order chi connectivity index (χ0) is 12.1. The van der Waals surface area contributed by atoms with Crippen molar-refractivity contribution in [3.8, 4) is 0 Å². The molecule has 1 unspecified atom stereocenters. The Balaban J connectivity index is 1.92. The van der Waals surface area contributed by atoms with Gasteiger partial charge in [-0.1, -0.05) is 11.6 Å². The van der Waals surface area contributed by atoms with E-state index in [1.165, 1.54) is 12.6 Å². The van der Waals surface area contributed by atoms with Crippen LogP contribution in [0.15, 0.2) is 6.20 Å². The minimum Gasteiger partial charge on any atom is -0.376 e. The monoisotopic (exact) mass is 257 g/mol. The first kappa shape index (κ1) is 12.3. The summed E-state index contributed by atoms with van der Waals surface area (Å²) in [5.41, 5.74) is 2.38. The summed E-state index contributed by atoms with van der Waals surface area (Å²) in [5.74, 6) is 6.14. The lowest BCUT2D eigenvalue weighted by atomic mass is 10.1. The quantitative estimate of drug-likeness (QED) is 0.558. The van der Waals surface area contributed by atoms with Crippen LogP contribution < -0.4 is 16.6 Å². The molecule has 1 saturated heterocycles. The third kappa shape index (κ3) is 3.42. The summed E-state index contributed by atoms with van der Waals surface area (Å²) in [4.78, 5) is 8.03. The van der Waals surface area contributed by atoms with Crippen LogP contribution >= 0.6 is 11.6 Å². The summed E-state index contributed by atoms with van der Waals surface area (Å²) >= 11 is 5.97. The van der Waals surface area contributed by atoms with Crippen molar-refractivity contribution in [3.05, 3.63) is 11.2 Å². The first-order valence-corrected chi connectivity index (χ1v) is 6.02. The standard InChI is InChI=1S/C10H16ClN5O/c11-8-6-14-10(16-12)15-9(8)13-5-7-3-1-2-4-17-7/h6-7H,1-5,12H2,(H2,13,14,15,16). The van der Waals surface area contributed by atoms with E-state index < -0.39 is 0 Å². The zero-order valence-electron chi connectivity index (χ0n) is 9.45. The molecule has 0 radical (unpaired) electrons. The number of hydrogen-bond acceptors (Lipinski definition) is 6. The Labute approximate surface area is 105 Å². The number of ether oxygens (including phenoxy) is 1. The van der Waals surface area contributed by atoms with Crippen molar-refractivity contribution in [2.45, 2.75) is 25.4 Å². The van der Waals surface area contributed by atoms with Crippen LogP contribution in [0, 0.1) is 0 Å². The summed E-state index contributed by atoms with van der Waals surface area (Å²) < 4.78 is 5.61. The van der Waals surface area contributed by atoms with Gasteiger partial charge in [0.15, 0.2) is 5.82 Å². The minimum absolute atomic E-state index is 0.226. The van der Waals surface area contributed by atoms with Crippen molar-refractivity contribution >= 4 is 23.4 Å². The van der Waals surface area contributed by atoms with E-state index in [1.54, 1.807) is 0 Å². The maximum Gasteiger partial charge on any atom is 0.239 e. The van der Waals surface area contributed by atoms with Gasteiger partial charge >= 0.3 is 0 Å². The van der Waals surface area contributed by atoms with Gasteiger partial charge in [-0.25, -0.2) is 10.8 Å². The number of anilines is 2. The highest BCUT2D eigenvalue weighted by Gasteiger charge is 2.14. The van der Waals surface area contributed by atoms with Gasteiger partial charge in [-0.05, 0) is 19.3 Å². The van der Waals surface area contributed by atoms with Crippen LogP contribution in [0.2, 0.25) is 5.02 Å². The number of nitrogen functional groups attached to an aromatic ring is 1. The normalized spacial score (nSPS) is 20.0. The molecule has 0 aromatic carbocycles. The van der Waals surface area contributed by atoms with Crippen molar-refractivity contribution in [1.29, 1.82) is 0 Å². The summed E-state index contributed by atoms with van der Waals surface area (Å²) in [6.45, 7) is 1.53. The van der Waals surface area contributed by atoms with Gasteiger partial charge in [0.1, 0.15) is 5.02 Å². The van der Waals surface area contributed by atoms with E-state index in [4.69, 9.17) is 22.2 Å². The fourth-order valence-electron chi connectivity index (χ4n) is 1.74. The number of nitrogens with zero attached hydrogens (tertiary/aromatic N) is 2. The first-order chi connectivity index (χ1) is 8.29. The first-order valence-electron chi connectivity index (χ1n) is 5.64. The van der Waals surface area contributed by atoms with Crippen LogP contribution in [-0.4, -0.2) is 29.2 Å². The molecule has 1 aromatic heterocycles. The molecule has 0 bridgehead atoms. The van der Waals surface area contributed by atoms with E-state index in [0.29, 0.717) is 23.3 Å². The summed E-state index contributed by atoms with van der Waals surface area (Å²) in [6, 6.07) is 0. The van der Waals surface area contributed by atoms with E-state index >= 15 is 0 Å². The molecule has 7 heteroatoms. The maximum atomic E-state index is 5.97. The zero-order valence-corrected chi connectivity index (χ0v) is 10.2.